The summed E-state index contributed by atoms with van der Waals surface area (Å²) in [5.74, 6) is 0.733. The molecule has 2 aliphatic rings. The molecule has 2 heterocycles. The minimum atomic E-state index is -0.339. The van der Waals surface area contributed by atoms with Gasteiger partial charge < -0.3 is 19.7 Å². The number of hydrogen-bond acceptors (Lipinski definition) is 4. The number of carbonyl (C=O) groups excluding carboxylic acids is 1. The number of nitrogens with one attached hydrogen (secondary N) is 1. The van der Waals surface area contributed by atoms with Crippen molar-refractivity contribution in [2.45, 2.75) is 12.5 Å². The Morgan fingerprint density at radius 3 is 2.58 bits per heavy atom. The Morgan fingerprint density at radius 2 is 1.95 bits per heavy atom. The number of benzene rings is 1. The molecular formula is C14H18N2O3. The van der Waals surface area contributed by atoms with E-state index in [0.717, 1.165) is 38.5 Å². The van der Waals surface area contributed by atoms with Crippen molar-refractivity contribution in [3.05, 3.63) is 24.3 Å². The van der Waals surface area contributed by atoms with Crippen LogP contribution in [0.3, 0.4) is 0 Å². The molecule has 1 amide bonds. The zero-order chi connectivity index (χ0) is 13.1. The molecule has 5 heteroatoms. The fraction of sp³-hybridized carbons (Fsp3) is 0.500. The van der Waals surface area contributed by atoms with Gasteiger partial charge >= 0.3 is 0 Å². The highest BCUT2D eigenvalue weighted by Gasteiger charge is 2.25. The quantitative estimate of drug-likeness (QED) is 0.875. The normalized spacial score (nSPS) is 23.3. The lowest BCUT2D eigenvalue weighted by atomic mass is 10.2. The molecule has 1 atom stereocenters. The third-order valence-electron chi connectivity index (χ3n) is 3.49. The monoisotopic (exact) mass is 262 g/mol. The first-order chi connectivity index (χ1) is 9.33. The van der Waals surface area contributed by atoms with Crippen LogP contribution in [-0.2, 0) is 9.53 Å². The van der Waals surface area contributed by atoms with Crippen molar-refractivity contribution in [2.75, 3.05) is 37.7 Å². The maximum absolute atomic E-state index is 11.4. The molecule has 0 aromatic heterocycles. The Labute approximate surface area is 112 Å². The van der Waals surface area contributed by atoms with Crippen LogP contribution < -0.4 is 15.0 Å². The zero-order valence-corrected chi connectivity index (χ0v) is 10.8. The summed E-state index contributed by atoms with van der Waals surface area (Å²) in [5.41, 5.74) is 1.17. The van der Waals surface area contributed by atoms with Gasteiger partial charge in [0.15, 0.2) is 6.10 Å². The second-order valence-corrected chi connectivity index (χ2v) is 4.78. The molecule has 5 nitrogen and oxygen atoms in total. The summed E-state index contributed by atoms with van der Waals surface area (Å²) >= 11 is 0. The standard InChI is InChI=1S/C14H18N2O3/c17-14-13(5-6-15-14)19-12-3-1-11(2-4-12)16-7-9-18-10-8-16/h1-4,13H,5-10H2,(H,15,17). The van der Waals surface area contributed by atoms with Gasteiger partial charge in [0, 0.05) is 31.7 Å². The molecule has 0 spiro atoms. The number of anilines is 1. The minimum absolute atomic E-state index is 0.0164. The fourth-order valence-corrected chi connectivity index (χ4v) is 2.41. The van der Waals surface area contributed by atoms with Crippen LogP contribution in [0.5, 0.6) is 5.75 Å². The summed E-state index contributed by atoms with van der Waals surface area (Å²) < 4.78 is 11.0. The third-order valence-corrected chi connectivity index (χ3v) is 3.49. The number of morpholine rings is 1. The number of rotatable bonds is 3. The predicted octanol–water partition coefficient (Wildman–Crippen LogP) is 0.790. The van der Waals surface area contributed by atoms with Crippen LogP contribution in [0.2, 0.25) is 0 Å². The molecule has 1 unspecified atom stereocenters. The van der Waals surface area contributed by atoms with Crippen molar-refractivity contribution in [1.82, 2.24) is 5.32 Å². The fourth-order valence-electron chi connectivity index (χ4n) is 2.41. The molecule has 19 heavy (non-hydrogen) atoms. The van der Waals surface area contributed by atoms with E-state index in [9.17, 15) is 4.79 Å². The Kier molecular flexibility index (Phi) is 3.55. The highest BCUT2D eigenvalue weighted by atomic mass is 16.5. The number of ether oxygens (including phenoxy) is 2. The smallest absolute Gasteiger partial charge is 0.261 e. The van der Waals surface area contributed by atoms with E-state index in [0.29, 0.717) is 6.54 Å². The molecule has 1 N–H and O–H groups in total. The molecule has 2 fully saturated rings. The largest absolute Gasteiger partial charge is 0.481 e. The van der Waals surface area contributed by atoms with Gasteiger partial charge in [-0.2, -0.15) is 0 Å². The lowest BCUT2D eigenvalue weighted by molar-refractivity contribution is -0.124. The maximum atomic E-state index is 11.4. The Balaban J connectivity index is 1.63. The summed E-state index contributed by atoms with van der Waals surface area (Å²) in [6, 6.07) is 7.92. The molecule has 0 bridgehead atoms. The van der Waals surface area contributed by atoms with Crippen molar-refractivity contribution in [3.63, 3.8) is 0 Å². The van der Waals surface area contributed by atoms with Gasteiger partial charge in [-0.05, 0) is 24.3 Å². The van der Waals surface area contributed by atoms with Gasteiger partial charge in [0.25, 0.3) is 5.91 Å². The van der Waals surface area contributed by atoms with Gasteiger partial charge in [-0.1, -0.05) is 0 Å². The number of nitrogens with zero attached hydrogens (tertiary/aromatic N) is 1. The first-order valence-corrected chi connectivity index (χ1v) is 6.70. The zero-order valence-electron chi connectivity index (χ0n) is 10.8. The van der Waals surface area contributed by atoms with Crippen molar-refractivity contribution in [2.24, 2.45) is 0 Å². The molecule has 0 radical (unpaired) electrons. The highest BCUT2D eigenvalue weighted by molar-refractivity contribution is 5.83. The Hall–Kier alpha value is -1.75. The van der Waals surface area contributed by atoms with Crippen LogP contribution in [0.4, 0.5) is 5.69 Å². The van der Waals surface area contributed by atoms with Gasteiger partial charge in [0.2, 0.25) is 0 Å². The summed E-state index contributed by atoms with van der Waals surface area (Å²) in [6.07, 6.45) is 0.401. The Morgan fingerprint density at radius 1 is 1.21 bits per heavy atom. The van der Waals surface area contributed by atoms with Crippen molar-refractivity contribution < 1.29 is 14.3 Å². The topological polar surface area (TPSA) is 50.8 Å². The molecule has 3 rings (SSSR count). The van der Waals surface area contributed by atoms with Crippen molar-refractivity contribution in [3.8, 4) is 5.75 Å². The lowest BCUT2D eigenvalue weighted by Crippen LogP contribution is -2.36. The van der Waals surface area contributed by atoms with E-state index in [1.807, 2.05) is 24.3 Å². The van der Waals surface area contributed by atoms with Crippen LogP contribution in [0.25, 0.3) is 0 Å². The summed E-state index contributed by atoms with van der Waals surface area (Å²) in [6.45, 7) is 4.10. The first kappa shape index (κ1) is 12.3. The van der Waals surface area contributed by atoms with E-state index in [4.69, 9.17) is 9.47 Å². The van der Waals surface area contributed by atoms with Gasteiger partial charge in [-0.3, -0.25) is 4.79 Å². The average Bonchev–Trinajstić information content (AvgIpc) is 2.86. The van der Waals surface area contributed by atoms with Gasteiger partial charge in [-0.15, -0.1) is 0 Å². The van der Waals surface area contributed by atoms with Crippen molar-refractivity contribution >= 4 is 11.6 Å². The summed E-state index contributed by atoms with van der Waals surface area (Å²) in [5, 5.41) is 2.77. The molecule has 0 aliphatic carbocycles. The van der Waals surface area contributed by atoms with Gasteiger partial charge in [-0.25, -0.2) is 0 Å². The summed E-state index contributed by atoms with van der Waals surface area (Å²) in [7, 11) is 0. The van der Waals surface area contributed by atoms with E-state index in [-0.39, 0.29) is 12.0 Å². The van der Waals surface area contributed by atoms with Crippen LogP contribution in [0.15, 0.2) is 24.3 Å². The van der Waals surface area contributed by atoms with E-state index >= 15 is 0 Å². The van der Waals surface area contributed by atoms with Gasteiger partial charge in [0.1, 0.15) is 5.75 Å². The third kappa shape index (κ3) is 2.81. The second kappa shape index (κ2) is 5.48. The maximum Gasteiger partial charge on any atom is 0.261 e. The molecule has 2 aliphatic heterocycles. The minimum Gasteiger partial charge on any atom is -0.481 e. The van der Waals surface area contributed by atoms with Crippen LogP contribution in [0.1, 0.15) is 6.42 Å². The van der Waals surface area contributed by atoms with E-state index in [1.54, 1.807) is 0 Å². The SMILES string of the molecule is O=C1NCCC1Oc1ccc(N2CCOCC2)cc1. The lowest BCUT2D eigenvalue weighted by Gasteiger charge is -2.28. The molecule has 1 aromatic carbocycles. The average molecular weight is 262 g/mol. The molecule has 2 saturated heterocycles. The first-order valence-electron chi connectivity index (χ1n) is 6.70. The number of hydrogen-bond donors (Lipinski definition) is 1. The molecule has 102 valence electrons. The Bertz CT molecular complexity index is 441. The van der Waals surface area contributed by atoms with E-state index in [1.165, 1.54) is 5.69 Å². The molecule has 0 saturated carbocycles. The van der Waals surface area contributed by atoms with Crippen LogP contribution >= 0.6 is 0 Å². The van der Waals surface area contributed by atoms with E-state index < -0.39 is 0 Å². The highest BCUT2D eigenvalue weighted by Crippen LogP contribution is 2.22. The van der Waals surface area contributed by atoms with Crippen molar-refractivity contribution in [1.29, 1.82) is 0 Å². The predicted molar refractivity (Wildman–Crippen MR) is 71.5 cm³/mol. The second-order valence-electron chi connectivity index (χ2n) is 4.78. The molecular weight excluding hydrogens is 244 g/mol. The number of amides is 1. The molecule has 1 aromatic rings. The van der Waals surface area contributed by atoms with Crippen LogP contribution in [-0.4, -0.2) is 44.9 Å². The number of carbonyl (C=O) groups is 1. The summed E-state index contributed by atoms with van der Waals surface area (Å²) in [4.78, 5) is 13.7. The van der Waals surface area contributed by atoms with E-state index in [2.05, 4.69) is 10.2 Å². The van der Waals surface area contributed by atoms with Gasteiger partial charge in [0.05, 0.1) is 13.2 Å². The van der Waals surface area contributed by atoms with Crippen LogP contribution in [0, 0.1) is 0 Å².